The minimum Gasteiger partial charge on any atom is -0.497 e. The summed E-state index contributed by atoms with van der Waals surface area (Å²) in [5.74, 6) is 0.388. The number of fused-ring (bicyclic) bond motifs is 1. The molecular formula is C22H19N3O5S2. The molecule has 1 aromatic heterocycles. The van der Waals surface area contributed by atoms with Crippen molar-refractivity contribution in [1.82, 2.24) is 4.98 Å². The third-order valence-corrected chi connectivity index (χ3v) is 6.84. The summed E-state index contributed by atoms with van der Waals surface area (Å²) in [6.45, 7) is 0. The number of carbonyl (C=O) groups is 1. The Labute approximate surface area is 188 Å². The number of hydrogen-bond donors (Lipinski definition) is 2. The molecule has 4 rings (SSSR count). The molecule has 3 aromatic carbocycles. The lowest BCUT2D eigenvalue weighted by molar-refractivity contribution is 0.102. The van der Waals surface area contributed by atoms with Crippen LogP contribution in [0.25, 0.3) is 10.2 Å². The molecule has 0 bridgehead atoms. The van der Waals surface area contributed by atoms with Crippen molar-refractivity contribution in [1.29, 1.82) is 0 Å². The van der Waals surface area contributed by atoms with E-state index in [9.17, 15) is 13.2 Å². The van der Waals surface area contributed by atoms with Gasteiger partial charge in [0.2, 0.25) is 0 Å². The van der Waals surface area contributed by atoms with Crippen LogP contribution in [0.15, 0.2) is 71.1 Å². The van der Waals surface area contributed by atoms with Gasteiger partial charge in [0, 0.05) is 16.9 Å². The van der Waals surface area contributed by atoms with Crippen LogP contribution >= 0.6 is 11.3 Å². The normalized spacial score (nSPS) is 11.2. The maximum absolute atomic E-state index is 13.0. The zero-order valence-electron chi connectivity index (χ0n) is 17.2. The quantitative estimate of drug-likeness (QED) is 0.416. The molecule has 1 heterocycles. The van der Waals surface area contributed by atoms with E-state index < -0.39 is 10.0 Å². The molecule has 10 heteroatoms. The van der Waals surface area contributed by atoms with Crippen molar-refractivity contribution >= 4 is 48.9 Å². The van der Waals surface area contributed by atoms with E-state index in [0.717, 1.165) is 10.2 Å². The molecule has 0 aliphatic rings. The highest BCUT2D eigenvalue weighted by molar-refractivity contribution is 7.92. The van der Waals surface area contributed by atoms with Crippen molar-refractivity contribution in [3.8, 4) is 11.5 Å². The van der Waals surface area contributed by atoms with Crippen LogP contribution < -0.4 is 19.5 Å². The van der Waals surface area contributed by atoms with Gasteiger partial charge in [-0.3, -0.25) is 9.52 Å². The van der Waals surface area contributed by atoms with Crippen molar-refractivity contribution in [3.63, 3.8) is 0 Å². The summed E-state index contributed by atoms with van der Waals surface area (Å²) in [7, 11) is -1.09. The summed E-state index contributed by atoms with van der Waals surface area (Å²) < 4.78 is 39.8. The summed E-state index contributed by atoms with van der Waals surface area (Å²) in [4.78, 5) is 16.8. The number of nitrogens with one attached hydrogen (secondary N) is 2. The number of thiazole rings is 1. The van der Waals surface area contributed by atoms with Gasteiger partial charge in [0.25, 0.3) is 15.9 Å². The zero-order chi connectivity index (χ0) is 22.7. The Kier molecular flexibility index (Phi) is 5.97. The first-order valence-electron chi connectivity index (χ1n) is 9.39. The third kappa shape index (κ3) is 4.51. The molecule has 0 aliphatic carbocycles. The van der Waals surface area contributed by atoms with Gasteiger partial charge in [-0.25, -0.2) is 13.4 Å². The monoisotopic (exact) mass is 469 g/mol. The Hall–Kier alpha value is -3.63. The molecule has 4 aromatic rings. The molecule has 0 saturated carbocycles. The number of sulfonamides is 1. The molecule has 8 nitrogen and oxygen atoms in total. The van der Waals surface area contributed by atoms with E-state index in [1.54, 1.807) is 54.0 Å². The van der Waals surface area contributed by atoms with Gasteiger partial charge < -0.3 is 14.8 Å². The Morgan fingerprint density at radius 3 is 2.41 bits per heavy atom. The molecule has 1 amide bonds. The Morgan fingerprint density at radius 2 is 1.69 bits per heavy atom. The lowest BCUT2D eigenvalue weighted by Gasteiger charge is -2.14. The number of amides is 1. The van der Waals surface area contributed by atoms with Gasteiger partial charge in [0.1, 0.15) is 16.4 Å². The van der Waals surface area contributed by atoms with E-state index in [2.05, 4.69) is 15.0 Å². The number of carbonyl (C=O) groups excluding carboxylic acids is 1. The average Bonchev–Trinajstić information content (AvgIpc) is 3.27. The van der Waals surface area contributed by atoms with Crippen LogP contribution in [-0.4, -0.2) is 33.5 Å². The van der Waals surface area contributed by atoms with Crippen LogP contribution in [0.5, 0.6) is 11.5 Å². The highest BCUT2D eigenvalue weighted by atomic mass is 32.2. The number of benzene rings is 3. The average molecular weight is 470 g/mol. The van der Waals surface area contributed by atoms with Gasteiger partial charge in [0.05, 0.1) is 29.9 Å². The van der Waals surface area contributed by atoms with Crippen LogP contribution in [0.3, 0.4) is 0 Å². The van der Waals surface area contributed by atoms with Crippen molar-refractivity contribution in [3.05, 3.63) is 71.7 Å². The van der Waals surface area contributed by atoms with E-state index in [4.69, 9.17) is 9.47 Å². The van der Waals surface area contributed by atoms with Gasteiger partial charge in [-0.2, -0.15) is 0 Å². The topological polar surface area (TPSA) is 107 Å². The van der Waals surface area contributed by atoms with E-state index >= 15 is 0 Å². The summed E-state index contributed by atoms with van der Waals surface area (Å²) in [6.07, 6.45) is 0. The minimum absolute atomic E-state index is 0.105. The largest absolute Gasteiger partial charge is 0.497 e. The minimum atomic E-state index is -3.99. The summed E-state index contributed by atoms with van der Waals surface area (Å²) in [5.41, 5.74) is 3.64. The highest BCUT2D eigenvalue weighted by Crippen LogP contribution is 2.30. The van der Waals surface area contributed by atoms with Crippen LogP contribution in [0.1, 0.15) is 10.4 Å². The fraction of sp³-hybridized carbons (Fsp3) is 0.0909. The van der Waals surface area contributed by atoms with Crippen molar-refractivity contribution in [2.45, 2.75) is 4.90 Å². The number of hydrogen-bond acceptors (Lipinski definition) is 7. The van der Waals surface area contributed by atoms with Crippen molar-refractivity contribution in [2.24, 2.45) is 0 Å². The zero-order valence-corrected chi connectivity index (χ0v) is 18.8. The Bertz CT molecular complexity index is 1380. The second-order valence-electron chi connectivity index (χ2n) is 6.69. The van der Waals surface area contributed by atoms with Crippen LogP contribution in [0.4, 0.5) is 11.4 Å². The van der Waals surface area contributed by atoms with Crippen LogP contribution in [-0.2, 0) is 10.0 Å². The van der Waals surface area contributed by atoms with Crippen LogP contribution in [0.2, 0.25) is 0 Å². The molecular weight excluding hydrogens is 450 g/mol. The first kappa shape index (κ1) is 21.6. The van der Waals surface area contributed by atoms with E-state index in [1.165, 1.54) is 37.7 Å². The molecule has 164 valence electrons. The first-order valence-corrected chi connectivity index (χ1v) is 11.8. The van der Waals surface area contributed by atoms with E-state index in [1.807, 2.05) is 0 Å². The Morgan fingerprint density at radius 1 is 0.938 bits per heavy atom. The summed E-state index contributed by atoms with van der Waals surface area (Å²) in [6, 6.07) is 16.1. The van der Waals surface area contributed by atoms with Gasteiger partial charge in [-0.1, -0.05) is 0 Å². The number of anilines is 2. The number of ether oxygens (including phenoxy) is 2. The standard InChI is InChI=1S/C22H19N3O5S2/c1-29-17-7-4-15(5-8-17)25-32(27,28)21-12-16(6-10-19(21)30-2)24-22(26)14-3-9-18-20(11-14)31-13-23-18/h3-13,25H,1-2H3,(H,24,26). The number of aromatic nitrogens is 1. The molecule has 0 atom stereocenters. The smallest absolute Gasteiger partial charge is 0.265 e. The predicted octanol–water partition coefficient (Wildman–Crippen LogP) is 4.37. The third-order valence-electron chi connectivity index (χ3n) is 4.65. The summed E-state index contributed by atoms with van der Waals surface area (Å²) in [5, 5.41) is 2.74. The van der Waals surface area contributed by atoms with Crippen LogP contribution in [0, 0.1) is 0 Å². The molecule has 0 saturated heterocycles. The molecule has 2 N–H and O–H groups in total. The molecule has 0 spiro atoms. The Balaban J connectivity index is 1.60. The molecule has 0 radical (unpaired) electrons. The molecule has 0 fully saturated rings. The van der Waals surface area contributed by atoms with Crippen molar-refractivity contribution in [2.75, 3.05) is 24.3 Å². The van der Waals surface area contributed by atoms with Gasteiger partial charge >= 0.3 is 0 Å². The van der Waals surface area contributed by atoms with E-state index in [0.29, 0.717) is 22.7 Å². The molecule has 32 heavy (non-hydrogen) atoms. The number of nitrogens with zero attached hydrogens (tertiary/aromatic N) is 1. The lowest BCUT2D eigenvalue weighted by atomic mass is 10.2. The van der Waals surface area contributed by atoms with Gasteiger partial charge in [-0.15, -0.1) is 11.3 Å². The summed E-state index contributed by atoms with van der Waals surface area (Å²) >= 11 is 1.44. The lowest BCUT2D eigenvalue weighted by Crippen LogP contribution is -2.16. The number of rotatable bonds is 7. The fourth-order valence-corrected chi connectivity index (χ4v) is 5.00. The van der Waals surface area contributed by atoms with Gasteiger partial charge in [-0.05, 0) is 60.7 Å². The fourth-order valence-electron chi connectivity index (χ4n) is 3.03. The maximum atomic E-state index is 13.0. The first-order chi connectivity index (χ1) is 15.4. The highest BCUT2D eigenvalue weighted by Gasteiger charge is 2.21. The second kappa shape index (κ2) is 8.85. The maximum Gasteiger partial charge on any atom is 0.265 e. The second-order valence-corrected chi connectivity index (χ2v) is 9.23. The van der Waals surface area contributed by atoms with E-state index in [-0.39, 0.29) is 16.6 Å². The molecule has 0 unspecified atom stereocenters. The molecule has 0 aliphatic heterocycles. The van der Waals surface area contributed by atoms with Gasteiger partial charge in [0.15, 0.2) is 0 Å². The number of methoxy groups -OCH3 is 2. The predicted molar refractivity (Wildman–Crippen MR) is 124 cm³/mol. The SMILES string of the molecule is COc1ccc(NS(=O)(=O)c2cc(NC(=O)c3ccc4ncsc4c3)ccc2OC)cc1. The van der Waals surface area contributed by atoms with Crippen molar-refractivity contribution < 1.29 is 22.7 Å².